The van der Waals surface area contributed by atoms with Crippen LogP contribution in [0.3, 0.4) is 0 Å². The number of carbonyl (C=O) groups excluding carboxylic acids is 1. The van der Waals surface area contributed by atoms with Gasteiger partial charge >= 0.3 is 6.03 Å². The fraction of sp³-hybridized carbons (Fsp3) is 0.429. The SMILES string of the molecule is Cc1[nH]nc(NC(=O)N(C)C)c1N. The van der Waals surface area contributed by atoms with Crippen molar-refractivity contribution in [2.45, 2.75) is 6.92 Å². The summed E-state index contributed by atoms with van der Waals surface area (Å²) in [6.45, 7) is 1.79. The monoisotopic (exact) mass is 183 g/mol. The molecular weight excluding hydrogens is 170 g/mol. The maximum absolute atomic E-state index is 11.2. The summed E-state index contributed by atoms with van der Waals surface area (Å²) in [7, 11) is 3.29. The molecule has 4 N–H and O–H groups in total. The second kappa shape index (κ2) is 3.34. The number of amides is 2. The Kier molecular flexibility index (Phi) is 2.41. The Morgan fingerprint density at radius 1 is 1.62 bits per heavy atom. The zero-order valence-corrected chi connectivity index (χ0v) is 7.88. The summed E-state index contributed by atoms with van der Waals surface area (Å²) in [4.78, 5) is 12.6. The van der Waals surface area contributed by atoms with Crippen molar-refractivity contribution in [1.29, 1.82) is 0 Å². The minimum absolute atomic E-state index is 0.252. The summed E-state index contributed by atoms with van der Waals surface area (Å²) in [5.41, 5.74) is 6.84. The van der Waals surface area contributed by atoms with Crippen LogP contribution in [0.2, 0.25) is 0 Å². The second-order valence-corrected chi connectivity index (χ2v) is 2.94. The lowest BCUT2D eigenvalue weighted by Crippen LogP contribution is -2.27. The molecule has 6 heteroatoms. The molecule has 0 saturated heterocycles. The third kappa shape index (κ3) is 1.90. The molecule has 1 heterocycles. The minimum atomic E-state index is -0.252. The standard InChI is InChI=1S/C7H13N5O/c1-4-5(8)6(11-10-4)9-7(13)12(2)3/h8H2,1-3H3,(H2,9,10,11,13). The van der Waals surface area contributed by atoms with E-state index in [1.807, 2.05) is 0 Å². The molecule has 6 nitrogen and oxygen atoms in total. The molecule has 1 aromatic heterocycles. The van der Waals surface area contributed by atoms with Gasteiger partial charge in [-0.2, -0.15) is 5.10 Å². The number of hydrogen-bond donors (Lipinski definition) is 3. The first-order chi connectivity index (χ1) is 6.02. The zero-order chi connectivity index (χ0) is 10.0. The van der Waals surface area contributed by atoms with Crippen LogP contribution >= 0.6 is 0 Å². The highest BCUT2D eigenvalue weighted by Gasteiger charge is 2.10. The quantitative estimate of drug-likeness (QED) is 0.588. The first kappa shape index (κ1) is 9.37. The number of carbonyl (C=O) groups is 1. The molecule has 0 fully saturated rings. The van der Waals surface area contributed by atoms with E-state index < -0.39 is 0 Å². The average Bonchev–Trinajstić information content (AvgIpc) is 2.36. The molecule has 0 unspecified atom stereocenters. The number of aromatic nitrogens is 2. The molecule has 0 bridgehead atoms. The van der Waals surface area contributed by atoms with Crippen molar-refractivity contribution in [1.82, 2.24) is 15.1 Å². The van der Waals surface area contributed by atoms with Crippen LogP contribution in [0.15, 0.2) is 0 Å². The van der Waals surface area contributed by atoms with Gasteiger partial charge in [-0.15, -0.1) is 0 Å². The number of nitrogens with zero attached hydrogens (tertiary/aromatic N) is 2. The Hall–Kier alpha value is -1.72. The summed E-state index contributed by atoms with van der Waals surface area (Å²) in [6, 6.07) is -0.252. The summed E-state index contributed by atoms with van der Waals surface area (Å²) in [5.74, 6) is 0.371. The molecule has 0 aliphatic carbocycles. The van der Waals surface area contributed by atoms with Gasteiger partial charge < -0.3 is 10.6 Å². The Labute approximate surface area is 76.1 Å². The Bertz CT molecular complexity index is 317. The highest BCUT2D eigenvalue weighted by molar-refractivity contribution is 5.91. The Morgan fingerprint density at radius 2 is 2.23 bits per heavy atom. The van der Waals surface area contributed by atoms with Crippen LogP contribution in [0.4, 0.5) is 16.3 Å². The van der Waals surface area contributed by atoms with Crippen LogP contribution in [0, 0.1) is 6.92 Å². The molecule has 0 aromatic carbocycles. The van der Waals surface area contributed by atoms with E-state index in [-0.39, 0.29) is 6.03 Å². The third-order valence-electron chi connectivity index (χ3n) is 1.63. The molecule has 2 amide bonds. The van der Waals surface area contributed by atoms with Gasteiger partial charge in [0, 0.05) is 14.1 Å². The van der Waals surface area contributed by atoms with Gasteiger partial charge in [-0.25, -0.2) is 4.79 Å². The second-order valence-electron chi connectivity index (χ2n) is 2.94. The molecule has 0 saturated carbocycles. The van der Waals surface area contributed by atoms with Crippen molar-refractivity contribution in [3.63, 3.8) is 0 Å². The number of hydrogen-bond acceptors (Lipinski definition) is 3. The normalized spacial score (nSPS) is 9.77. The maximum Gasteiger partial charge on any atom is 0.322 e. The van der Waals surface area contributed by atoms with Gasteiger partial charge in [0.05, 0.1) is 11.4 Å². The van der Waals surface area contributed by atoms with Crippen LogP contribution in [0.25, 0.3) is 0 Å². The predicted molar refractivity (Wildman–Crippen MR) is 50.4 cm³/mol. The van der Waals surface area contributed by atoms with Crippen molar-refractivity contribution in [2.24, 2.45) is 0 Å². The fourth-order valence-electron chi connectivity index (χ4n) is 0.746. The van der Waals surface area contributed by atoms with Crippen molar-refractivity contribution >= 4 is 17.5 Å². The summed E-state index contributed by atoms with van der Waals surface area (Å²) in [6.07, 6.45) is 0. The molecule has 0 atom stereocenters. The Morgan fingerprint density at radius 3 is 2.62 bits per heavy atom. The molecular formula is C7H13N5O. The fourth-order valence-corrected chi connectivity index (χ4v) is 0.746. The van der Waals surface area contributed by atoms with Crippen LogP contribution < -0.4 is 11.1 Å². The average molecular weight is 183 g/mol. The molecule has 0 aliphatic rings. The van der Waals surface area contributed by atoms with Gasteiger partial charge in [0.1, 0.15) is 0 Å². The number of anilines is 2. The molecule has 0 aliphatic heterocycles. The summed E-state index contributed by atoms with van der Waals surface area (Å²) < 4.78 is 0. The zero-order valence-electron chi connectivity index (χ0n) is 7.88. The first-order valence-electron chi connectivity index (χ1n) is 3.81. The van der Waals surface area contributed by atoms with E-state index in [1.165, 1.54) is 4.90 Å². The number of nitrogen functional groups attached to an aromatic ring is 1. The largest absolute Gasteiger partial charge is 0.394 e. The number of nitrogens with one attached hydrogen (secondary N) is 2. The lowest BCUT2D eigenvalue weighted by Gasteiger charge is -2.10. The number of aromatic amines is 1. The highest BCUT2D eigenvalue weighted by atomic mass is 16.2. The van der Waals surface area contributed by atoms with Gasteiger partial charge in [-0.05, 0) is 6.92 Å². The predicted octanol–water partition coefficient (Wildman–Crippen LogP) is 0.394. The van der Waals surface area contributed by atoms with Crippen LogP contribution in [0.1, 0.15) is 5.69 Å². The van der Waals surface area contributed by atoms with Gasteiger partial charge in [0.25, 0.3) is 0 Å². The van der Waals surface area contributed by atoms with Crippen molar-refractivity contribution < 1.29 is 4.79 Å². The van der Waals surface area contributed by atoms with E-state index in [0.29, 0.717) is 11.5 Å². The van der Waals surface area contributed by atoms with E-state index in [2.05, 4.69) is 15.5 Å². The van der Waals surface area contributed by atoms with Crippen molar-refractivity contribution in [3.8, 4) is 0 Å². The first-order valence-corrected chi connectivity index (χ1v) is 3.81. The van der Waals surface area contributed by atoms with Crippen LogP contribution in [-0.2, 0) is 0 Å². The van der Waals surface area contributed by atoms with E-state index in [4.69, 9.17) is 5.73 Å². The number of urea groups is 1. The maximum atomic E-state index is 11.2. The summed E-state index contributed by atoms with van der Waals surface area (Å²) in [5, 5.41) is 9.05. The number of rotatable bonds is 1. The van der Waals surface area contributed by atoms with Gasteiger partial charge in [-0.1, -0.05) is 0 Å². The number of aryl methyl sites for hydroxylation is 1. The highest BCUT2D eigenvalue weighted by Crippen LogP contribution is 2.17. The Balaban J connectivity index is 2.75. The molecule has 72 valence electrons. The molecule has 1 aromatic rings. The van der Waals surface area contributed by atoms with Crippen molar-refractivity contribution in [3.05, 3.63) is 5.69 Å². The van der Waals surface area contributed by atoms with Gasteiger partial charge in [0.15, 0.2) is 5.82 Å². The molecule has 0 spiro atoms. The smallest absolute Gasteiger partial charge is 0.322 e. The van der Waals surface area contributed by atoms with E-state index in [0.717, 1.165) is 5.69 Å². The molecule has 0 radical (unpaired) electrons. The van der Waals surface area contributed by atoms with Crippen LogP contribution in [0.5, 0.6) is 0 Å². The molecule has 13 heavy (non-hydrogen) atoms. The van der Waals surface area contributed by atoms with E-state index in [1.54, 1.807) is 21.0 Å². The number of H-pyrrole nitrogens is 1. The summed E-state index contributed by atoms with van der Waals surface area (Å²) >= 11 is 0. The topological polar surface area (TPSA) is 87.0 Å². The lowest BCUT2D eigenvalue weighted by molar-refractivity contribution is 0.230. The van der Waals surface area contributed by atoms with E-state index >= 15 is 0 Å². The third-order valence-corrected chi connectivity index (χ3v) is 1.63. The molecule has 1 rings (SSSR count). The number of nitrogens with two attached hydrogens (primary N) is 1. The van der Waals surface area contributed by atoms with Gasteiger partial charge in [-0.3, -0.25) is 10.4 Å². The van der Waals surface area contributed by atoms with E-state index in [9.17, 15) is 4.79 Å². The lowest BCUT2D eigenvalue weighted by atomic mass is 10.4. The van der Waals surface area contributed by atoms with Gasteiger partial charge in [0.2, 0.25) is 0 Å². The van der Waals surface area contributed by atoms with Crippen molar-refractivity contribution in [2.75, 3.05) is 25.1 Å². The minimum Gasteiger partial charge on any atom is -0.394 e. The van der Waals surface area contributed by atoms with Crippen LogP contribution in [-0.4, -0.2) is 35.2 Å².